The van der Waals surface area contributed by atoms with Crippen molar-refractivity contribution < 1.29 is 35.8 Å². The molecule has 0 atom stereocenters. The molecule has 0 rings (SSSR count). The van der Waals surface area contributed by atoms with Crippen molar-refractivity contribution in [3.8, 4) is 4.97 Å². The first kappa shape index (κ1) is 10.8. The summed E-state index contributed by atoms with van der Waals surface area (Å²) >= 11 is 3.81. The molecule has 2 N–H and O–H groups in total. The Bertz CT molecular complexity index is 136. The molecule has 0 radical (unpaired) electrons. The maximum absolute atomic E-state index is 9.10. The number of rotatable bonds is 0. The smallest absolute Gasteiger partial charge is 0.414 e. The van der Waals surface area contributed by atoms with Crippen molar-refractivity contribution in [1.29, 1.82) is 5.26 Å². The van der Waals surface area contributed by atoms with Gasteiger partial charge in [0.2, 0.25) is 0 Å². The second-order valence-electron chi connectivity index (χ2n) is 0.678. The Balaban J connectivity index is 0. The van der Waals surface area contributed by atoms with Gasteiger partial charge in [-0.15, -0.1) is 0 Å². The average Bonchev–Trinajstić information content (AvgIpc) is 1.68. The van der Waals surface area contributed by atoms with Crippen LogP contribution >= 0.6 is 0 Å². The molecule has 0 unspecified atom stereocenters. The van der Waals surface area contributed by atoms with Crippen LogP contribution in [0.4, 0.5) is 0 Å². The fourth-order valence-corrected chi connectivity index (χ4v) is 0. The number of carbonyl (C=O) groups is 2. The first-order valence-corrected chi connectivity index (χ1v) is 1.95. The summed E-state index contributed by atoms with van der Waals surface area (Å²) in [5, 5.41) is 21.9. The summed E-state index contributed by atoms with van der Waals surface area (Å²) in [5.74, 6) is -3.65. The summed E-state index contributed by atoms with van der Waals surface area (Å²) in [6, 6.07) is 0. The van der Waals surface area contributed by atoms with Crippen LogP contribution in [0.2, 0.25) is 0 Å². The molecule has 9 heavy (non-hydrogen) atoms. The minimum Gasteiger partial charge on any atom is -0.473 e. The normalized spacial score (nSPS) is 5.89. The molecule has 0 bridgehead atoms. The van der Waals surface area contributed by atoms with Crippen molar-refractivity contribution in [3.63, 3.8) is 0 Å². The van der Waals surface area contributed by atoms with E-state index in [4.69, 9.17) is 25.1 Å². The molecule has 0 aromatic heterocycles. The van der Waals surface area contributed by atoms with Crippen LogP contribution in [0.5, 0.6) is 0 Å². The molecular weight excluding hydrogens is 178 g/mol. The van der Waals surface area contributed by atoms with Crippen LogP contribution in [0.15, 0.2) is 0 Å². The quantitative estimate of drug-likeness (QED) is 0.374. The third-order valence-electron chi connectivity index (χ3n) is 0.183. The fourth-order valence-electron chi connectivity index (χ4n) is 0. The van der Waals surface area contributed by atoms with Crippen LogP contribution in [-0.4, -0.2) is 22.2 Å². The summed E-state index contributed by atoms with van der Waals surface area (Å²) < 4.78 is 0. The zero-order valence-electron chi connectivity index (χ0n) is 3.96. The number of hydrogen-bond donors (Lipinski definition) is 2. The molecule has 0 aromatic carbocycles. The van der Waals surface area contributed by atoms with E-state index in [-0.39, 0.29) is 0 Å². The van der Waals surface area contributed by atoms with E-state index in [1.54, 1.807) is 0 Å². The van der Waals surface area contributed by atoms with Gasteiger partial charge in [-0.25, -0.2) is 9.59 Å². The second kappa shape index (κ2) is 6.95. The van der Waals surface area contributed by atoms with E-state index in [1.807, 2.05) is 0 Å². The Morgan fingerprint density at radius 2 is 1.44 bits per heavy atom. The Hall–Kier alpha value is -1.05. The minimum absolute atomic E-state index is 1.31. The van der Waals surface area contributed by atoms with Gasteiger partial charge in [0.1, 0.15) is 0 Å². The summed E-state index contributed by atoms with van der Waals surface area (Å²) in [7, 11) is 0. The van der Waals surface area contributed by atoms with E-state index in [9.17, 15) is 0 Å². The largest absolute Gasteiger partial charge is 0.473 e. The number of aliphatic carboxylic acids is 2. The van der Waals surface area contributed by atoms with E-state index in [1.165, 1.54) is 4.97 Å². The molecule has 0 aliphatic rings. The SMILES string of the molecule is N#[C][Cu].O=C(O)C(=O)O. The van der Waals surface area contributed by atoms with Gasteiger partial charge in [0.25, 0.3) is 0 Å². The maximum atomic E-state index is 9.10. The van der Waals surface area contributed by atoms with Crippen molar-refractivity contribution in [3.05, 3.63) is 0 Å². The second-order valence-corrected chi connectivity index (χ2v) is 0.888. The van der Waals surface area contributed by atoms with Crippen LogP contribution in [0.1, 0.15) is 0 Å². The van der Waals surface area contributed by atoms with Crippen LogP contribution in [-0.2, 0) is 25.6 Å². The summed E-state index contributed by atoms with van der Waals surface area (Å²) in [4.78, 5) is 19.5. The van der Waals surface area contributed by atoms with E-state index in [0.717, 1.165) is 0 Å². The molecule has 0 saturated carbocycles. The molecule has 0 heterocycles. The monoisotopic (exact) mass is 179 g/mol. The van der Waals surface area contributed by atoms with Crippen molar-refractivity contribution >= 4 is 11.9 Å². The van der Waals surface area contributed by atoms with Crippen LogP contribution in [0.3, 0.4) is 0 Å². The van der Waals surface area contributed by atoms with E-state index < -0.39 is 11.9 Å². The summed E-state index contributed by atoms with van der Waals surface area (Å²) in [5.41, 5.74) is 0. The fraction of sp³-hybridized carbons (Fsp3) is 0. The minimum atomic E-state index is -1.82. The van der Waals surface area contributed by atoms with Crippen molar-refractivity contribution in [2.24, 2.45) is 0 Å². The van der Waals surface area contributed by atoms with Crippen molar-refractivity contribution in [2.45, 2.75) is 0 Å². The van der Waals surface area contributed by atoms with E-state index in [0.29, 0.717) is 0 Å². The molecule has 0 aliphatic heterocycles. The maximum Gasteiger partial charge on any atom is 0.414 e. The van der Waals surface area contributed by atoms with Crippen LogP contribution < -0.4 is 0 Å². The Morgan fingerprint density at radius 3 is 1.44 bits per heavy atom. The van der Waals surface area contributed by atoms with Crippen LogP contribution in [0.25, 0.3) is 0 Å². The van der Waals surface area contributed by atoms with E-state index in [2.05, 4.69) is 16.0 Å². The standard InChI is InChI=1S/C2H2O4.CN.Cu/c3-1(4)2(5)6;1-2;/h(H,3,4)(H,5,6);;. The van der Waals surface area contributed by atoms with Gasteiger partial charge < -0.3 is 10.2 Å². The summed E-state index contributed by atoms with van der Waals surface area (Å²) in [6.45, 7) is 0. The molecule has 0 aliphatic carbocycles. The third-order valence-corrected chi connectivity index (χ3v) is 0.183. The van der Waals surface area contributed by atoms with Gasteiger partial charge >= 0.3 is 38.2 Å². The third kappa shape index (κ3) is 19.6. The van der Waals surface area contributed by atoms with Gasteiger partial charge in [-0.1, -0.05) is 0 Å². The number of nitrogens with zero attached hydrogens (tertiary/aromatic N) is 1. The van der Waals surface area contributed by atoms with Gasteiger partial charge in [0.15, 0.2) is 0 Å². The molecule has 5 nitrogen and oxygen atoms in total. The number of nitriles is 1. The molecule has 0 saturated heterocycles. The Labute approximate surface area is 58.7 Å². The van der Waals surface area contributed by atoms with Gasteiger partial charge in [-0.3, -0.25) is 0 Å². The van der Waals surface area contributed by atoms with Gasteiger partial charge in [-0.05, 0) is 0 Å². The number of carboxylic acid groups (broad SMARTS) is 2. The van der Waals surface area contributed by atoms with Crippen molar-refractivity contribution in [2.75, 3.05) is 0 Å². The molecule has 54 valence electrons. The number of carboxylic acids is 2. The predicted octanol–water partition coefficient (Wildman–Crippen LogP) is -0.830. The molecule has 0 fully saturated rings. The number of hydrogen-bond acceptors (Lipinski definition) is 3. The van der Waals surface area contributed by atoms with Gasteiger partial charge in [0.05, 0.1) is 0 Å². The molecule has 0 spiro atoms. The Kier molecular flexibility index (Phi) is 8.38. The zero-order valence-corrected chi connectivity index (χ0v) is 4.90. The average molecular weight is 180 g/mol. The van der Waals surface area contributed by atoms with Crippen LogP contribution in [0, 0.1) is 10.2 Å². The molecular formula is C3H2CuNO4. The van der Waals surface area contributed by atoms with Gasteiger partial charge in [-0.2, -0.15) is 0 Å². The molecule has 0 aromatic rings. The first-order valence-electron chi connectivity index (χ1n) is 1.48. The van der Waals surface area contributed by atoms with Gasteiger partial charge in [0, 0.05) is 0 Å². The van der Waals surface area contributed by atoms with E-state index >= 15 is 0 Å². The Morgan fingerprint density at radius 1 is 1.33 bits per heavy atom. The zero-order chi connectivity index (χ0) is 7.86. The van der Waals surface area contributed by atoms with Crippen molar-refractivity contribution in [1.82, 2.24) is 0 Å². The summed E-state index contributed by atoms with van der Waals surface area (Å²) in [6.07, 6.45) is 0. The topological polar surface area (TPSA) is 98.4 Å². The molecule has 6 heteroatoms. The predicted molar refractivity (Wildman–Crippen MR) is 20.9 cm³/mol. The molecule has 0 amide bonds. The first-order chi connectivity index (χ1) is 4.06.